The Bertz CT molecular complexity index is 956. The third-order valence-electron chi connectivity index (χ3n) is 3.82. The van der Waals surface area contributed by atoms with E-state index in [1.807, 2.05) is 30.3 Å². The maximum atomic E-state index is 12.9. The molecule has 5 heteroatoms. The molecular weight excluding hydrogens is 316 g/mol. The highest BCUT2D eigenvalue weighted by Crippen LogP contribution is 2.28. The fraction of sp³-hybridized carbons (Fsp3) is 0. The quantitative estimate of drug-likeness (QED) is 0.742. The van der Waals surface area contributed by atoms with Gasteiger partial charge in [-0.05, 0) is 36.4 Å². The minimum atomic E-state index is -0.249. The monoisotopic (exact) mass is 330 g/mol. The highest BCUT2D eigenvalue weighted by Gasteiger charge is 2.32. The molecule has 0 bridgehead atoms. The number of aliphatic imine (C=N–C) groups is 1. The zero-order valence-electron chi connectivity index (χ0n) is 13.2. The van der Waals surface area contributed by atoms with Crippen LogP contribution < -0.4 is 4.90 Å². The summed E-state index contributed by atoms with van der Waals surface area (Å²) in [6.07, 6.45) is 3.16. The lowest BCUT2D eigenvalue weighted by Gasteiger charge is -2.18. The molecule has 122 valence electrons. The fourth-order valence-electron chi connectivity index (χ4n) is 2.65. The Morgan fingerprint density at radius 2 is 1.72 bits per heavy atom. The molecule has 0 aliphatic carbocycles. The van der Waals surface area contributed by atoms with Gasteiger partial charge in [0.05, 0.1) is 12.0 Å². The Kier molecular flexibility index (Phi) is 3.67. The summed E-state index contributed by atoms with van der Waals surface area (Å²) in [6, 6.07) is 19.5. The lowest BCUT2D eigenvalue weighted by Crippen LogP contribution is -2.32. The van der Waals surface area contributed by atoms with E-state index >= 15 is 0 Å². The zero-order chi connectivity index (χ0) is 17.2. The van der Waals surface area contributed by atoms with Crippen molar-refractivity contribution in [2.75, 3.05) is 4.90 Å². The number of aromatic hydroxyl groups is 1. The van der Waals surface area contributed by atoms with E-state index in [-0.39, 0.29) is 11.7 Å². The van der Waals surface area contributed by atoms with Gasteiger partial charge >= 0.3 is 0 Å². The highest BCUT2D eigenvalue weighted by atomic mass is 16.3. The van der Waals surface area contributed by atoms with Crippen LogP contribution in [0.5, 0.6) is 5.75 Å². The number of hydrogen-bond donors (Lipinski definition) is 1. The number of furan rings is 1. The van der Waals surface area contributed by atoms with Gasteiger partial charge in [-0.15, -0.1) is 0 Å². The van der Waals surface area contributed by atoms with Gasteiger partial charge in [0.2, 0.25) is 0 Å². The molecule has 1 amide bonds. The summed E-state index contributed by atoms with van der Waals surface area (Å²) in [5.41, 5.74) is 1.75. The second-order valence-corrected chi connectivity index (χ2v) is 5.50. The van der Waals surface area contributed by atoms with E-state index in [1.54, 1.807) is 48.7 Å². The van der Waals surface area contributed by atoms with E-state index in [0.717, 1.165) is 5.56 Å². The maximum absolute atomic E-state index is 12.9. The summed E-state index contributed by atoms with van der Waals surface area (Å²) in [4.78, 5) is 19.0. The molecule has 1 aromatic heterocycles. The molecule has 0 saturated carbocycles. The van der Waals surface area contributed by atoms with E-state index in [4.69, 9.17) is 4.42 Å². The minimum Gasteiger partial charge on any atom is -0.508 e. The average Bonchev–Trinajstić information content (AvgIpc) is 3.26. The number of amidine groups is 1. The molecule has 5 nitrogen and oxygen atoms in total. The summed E-state index contributed by atoms with van der Waals surface area (Å²) in [5.74, 6) is 0.988. The lowest BCUT2D eigenvalue weighted by molar-refractivity contribution is -0.113. The van der Waals surface area contributed by atoms with Gasteiger partial charge in [0.15, 0.2) is 0 Å². The number of amides is 1. The van der Waals surface area contributed by atoms with Gasteiger partial charge in [0.1, 0.15) is 23.0 Å². The number of anilines is 1. The molecule has 0 radical (unpaired) electrons. The third-order valence-corrected chi connectivity index (χ3v) is 3.82. The predicted octanol–water partition coefficient (Wildman–Crippen LogP) is 3.82. The number of hydrogen-bond acceptors (Lipinski definition) is 4. The van der Waals surface area contributed by atoms with Crippen LogP contribution in [0.3, 0.4) is 0 Å². The number of phenols is 1. The molecule has 2 heterocycles. The SMILES string of the molecule is O=C1/C(=C\c2ccco2)N=C(c2ccccc2)N1c1ccc(O)cc1. The first kappa shape index (κ1) is 15.0. The number of phenolic OH excluding ortho intramolecular Hbond substituents is 1. The maximum Gasteiger partial charge on any atom is 0.282 e. The molecular formula is C20H14N2O3. The van der Waals surface area contributed by atoms with Gasteiger partial charge in [-0.25, -0.2) is 4.99 Å². The molecule has 25 heavy (non-hydrogen) atoms. The van der Waals surface area contributed by atoms with E-state index in [1.165, 1.54) is 4.90 Å². The molecule has 0 fully saturated rings. The van der Waals surface area contributed by atoms with E-state index < -0.39 is 0 Å². The van der Waals surface area contributed by atoms with Crippen molar-refractivity contribution in [3.8, 4) is 5.75 Å². The van der Waals surface area contributed by atoms with Crippen molar-refractivity contribution in [3.05, 3.63) is 90.0 Å². The molecule has 1 aliphatic heterocycles. The van der Waals surface area contributed by atoms with Crippen molar-refractivity contribution >= 4 is 23.5 Å². The standard InChI is InChI=1S/C20H14N2O3/c23-16-10-8-15(9-11-16)22-19(14-5-2-1-3-6-14)21-18(20(22)24)13-17-7-4-12-25-17/h1-13,23H/b18-13+. The Hall–Kier alpha value is -3.60. The summed E-state index contributed by atoms with van der Waals surface area (Å²) in [5, 5.41) is 9.51. The van der Waals surface area contributed by atoms with Gasteiger partial charge < -0.3 is 9.52 Å². The van der Waals surface area contributed by atoms with Crippen molar-refractivity contribution in [2.24, 2.45) is 4.99 Å². The lowest BCUT2D eigenvalue weighted by atomic mass is 10.2. The molecule has 0 unspecified atom stereocenters. The van der Waals surface area contributed by atoms with Gasteiger partial charge in [-0.3, -0.25) is 9.69 Å². The average molecular weight is 330 g/mol. The van der Waals surface area contributed by atoms with Crippen LogP contribution >= 0.6 is 0 Å². The van der Waals surface area contributed by atoms with Crippen LogP contribution in [0.25, 0.3) is 6.08 Å². The third kappa shape index (κ3) is 2.83. The Labute approximate surface area is 144 Å². The topological polar surface area (TPSA) is 66.0 Å². The summed E-state index contributed by atoms with van der Waals surface area (Å²) >= 11 is 0. The molecule has 1 N–H and O–H groups in total. The Balaban J connectivity index is 1.82. The Morgan fingerprint density at radius 1 is 0.960 bits per heavy atom. The molecule has 3 aromatic rings. The first-order chi connectivity index (χ1) is 12.2. The van der Waals surface area contributed by atoms with Gasteiger partial charge in [-0.1, -0.05) is 30.3 Å². The molecule has 0 spiro atoms. The zero-order valence-corrected chi connectivity index (χ0v) is 13.2. The van der Waals surface area contributed by atoms with Crippen LogP contribution in [0, 0.1) is 0 Å². The number of carbonyl (C=O) groups excluding carboxylic acids is 1. The molecule has 1 aliphatic rings. The van der Waals surface area contributed by atoms with Crippen LogP contribution in [0.2, 0.25) is 0 Å². The van der Waals surface area contributed by atoms with Crippen LogP contribution in [-0.4, -0.2) is 16.8 Å². The fourth-order valence-corrected chi connectivity index (χ4v) is 2.65. The second-order valence-electron chi connectivity index (χ2n) is 5.50. The van der Waals surface area contributed by atoms with Crippen molar-refractivity contribution in [2.45, 2.75) is 0 Å². The highest BCUT2D eigenvalue weighted by molar-refractivity contribution is 6.33. The minimum absolute atomic E-state index is 0.139. The largest absolute Gasteiger partial charge is 0.508 e. The first-order valence-electron chi connectivity index (χ1n) is 7.75. The number of nitrogens with zero attached hydrogens (tertiary/aromatic N) is 2. The summed E-state index contributed by atoms with van der Waals surface area (Å²) in [6.45, 7) is 0. The van der Waals surface area contributed by atoms with Crippen LogP contribution in [0.1, 0.15) is 11.3 Å². The van der Waals surface area contributed by atoms with Crippen molar-refractivity contribution in [3.63, 3.8) is 0 Å². The number of rotatable bonds is 3. The van der Waals surface area contributed by atoms with Gasteiger partial charge in [-0.2, -0.15) is 0 Å². The molecule has 4 rings (SSSR count). The van der Waals surface area contributed by atoms with E-state index in [9.17, 15) is 9.90 Å². The van der Waals surface area contributed by atoms with Gasteiger partial charge in [0, 0.05) is 11.6 Å². The summed E-state index contributed by atoms with van der Waals surface area (Å²) < 4.78 is 5.29. The van der Waals surface area contributed by atoms with Crippen molar-refractivity contribution in [1.29, 1.82) is 0 Å². The van der Waals surface area contributed by atoms with Crippen molar-refractivity contribution < 1.29 is 14.3 Å². The van der Waals surface area contributed by atoms with Crippen LogP contribution in [0.4, 0.5) is 5.69 Å². The number of carbonyl (C=O) groups is 1. The van der Waals surface area contributed by atoms with Crippen LogP contribution in [-0.2, 0) is 4.79 Å². The van der Waals surface area contributed by atoms with Gasteiger partial charge in [0.25, 0.3) is 5.91 Å². The first-order valence-corrected chi connectivity index (χ1v) is 7.75. The van der Waals surface area contributed by atoms with E-state index in [2.05, 4.69) is 4.99 Å². The van der Waals surface area contributed by atoms with E-state index in [0.29, 0.717) is 23.0 Å². The molecule has 0 atom stereocenters. The van der Waals surface area contributed by atoms with Crippen LogP contribution in [0.15, 0.2) is 88.1 Å². The molecule has 0 saturated heterocycles. The Morgan fingerprint density at radius 3 is 2.40 bits per heavy atom. The smallest absolute Gasteiger partial charge is 0.282 e. The second kappa shape index (κ2) is 6.13. The van der Waals surface area contributed by atoms with Crippen molar-refractivity contribution in [1.82, 2.24) is 0 Å². The number of benzene rings is 2. The predicted molar refractivity (Wildman–Crippen MR) is 95.3 cm³/mol. The summed E-state index contributed by atoms with van der Waals surface area (Å²) in [7, 11) is 0. The molecule has 2 aromatic carbocycles. The normalized spacial score (nSPS) is 15.7.